The van der Waals surface area contributed by atoms with Gasteiger partial charge in [-0.2, -0.15) is 0 Å². The smallest absolute Gasteiger partial charge is 0.236 e. The number of rotatable bonds is 24. The summed E-state index contributed by atoms with van der Waals surface area (Å²) in [6.07, 6.45) is 5.76. The maximum atomic E-state index is 12.4. The summed E-state index contributed by atoms with van der Waals surface area (Å²) in [4.78, 5) is 27.2. The van der Waals surface area contributed by atoms with E-state index in [1.54, 1.807) is 0 Å². The minimum atomic E-state index is -0.567. The normalized spacial score (nSPS) is 13.7. The van der Waals surface area contributed by atoms with Crippen molar-refractivity contribution in [1.82, 2.24) is 26.2 Å². The molecule has 14 nitrogen and oxygen atoms in total. The molecule has 0 spiro atoms. The Kier molecular flexibility index (Phi) is 20.0. The number of nitrogens with one attached hydrogen (secondary N) is 6. The first-order chi connectivity index (χ1) is 22.2. The molecule has 46 heavy (non-hydrogen) atoms. The van der Waals surface area contributed by atoms with Gasteiger partial charge in [0.15, 0.2) is 11.9 Å². The van der Waals surface area contributed by atoms with Crippen molar-refractivity contribution in [3.63, 3.8) is 0 Å². The highest BCUT2D eigenvalue weighted by molar-refractivity contribution is 8.76. The molecule has 1 heterocycles. The second-order valence-corrected chi connectivity index (χ2v) is 13.8. The third kappa shape index (κ3) is 17.7. The molecule has 0 aromatic heterocycles. The Balaban J connectivity index is 1.74. The second kappa shape index (κ2) is 23.4. The number of guanidine groups is 2. The lowest BCUT2D eigenvalue weighted by atomic mass is 10.1. The molecule has 0 fully saturated rings. The van der Waals surface area contributed by atoms with Crippen LogP contribution in [-0.4, -0.2) is 93.1 Å². The van der Waals surface area contributed by atoms with Crippen LogP contribution >= 0.6 is 21.6 Å². The predicted molar refractivity (Wildman–Crippen MR) is 190 cm³/mol. The molecule has 2 amide bonds. The summed E-state index contributed by atoms with van der Waals surface area (Å²) >= 11 is 0. The fourth-order valence-electron chi connectivity index (χ4n) is 4.78. The van der Waals surface area contributed by atoms with E-state index in [2.05, 4.69) is 38.3 Å². The van der Waals surface area contributed by atoms with E-state index in [0.717, 1.165) is 68.9 Å². The predicted octanol–water partition coefficient (Wildman–Crippen LogP) is 0.736. The highest BCUT2D eigenvalue weighted by atomic mass is 33.1. The molecule has 1 aromatic carbocycles. The molecule has 0 saturated heterocycles. The van der Waals surface area contributed by atoms with E-state index < -0.39 is 12.1 Å². The molecular weight excluding hydrogens is 627 g/mol. The molecule has 0 saturated carbocycles. The maximum Gasteiger partial charge on any atom is 0.236 e. The molecule has 0 unspecified atom stereocenters. The topological polar surface area (TPSA) is 247 Å². The number of nitrogens with two attached hydrogens (primary N) is 4. The number of fused-ring (bicyclic) bond motifs is 1. The van der Waals surface area contributed by atoms with Crippen LogP contribution in [0.5, 0.6) is 5.75 Å². The van der Waals surface area contributed by atoms with Crippen LogP contribution in [0.15, 0.2) is 18.2 Å². The summed E-state index contributed by atoms with van der Waals surface area (Å²) in [5, 5.41) is 25.7. The fourth-order valence-corrected chi connectivity index (χ4v) is 7.02. The first-order valence-corrected chi connectivity index (χ1v) is 18.6. The summed E-state index contributed by atoms with van der Waals surface area (Å²) in [6.45, 7) is 4.98. The Hall–Kier alpha value is -2.92. The van der Waals surface area contributed by atoms with E-state index in [9.17, 15) is 9.59 Å². The average molecular weight is 682 g/mol. The number of ether oxygens (including phenoxy) is 1. The van der Waals surface area contributed by atoms with Gasteiger partial charge in [0.2, 0.25) is 11.8 Å². The summed E-state index contributed by atoms with van der Waals surface area (Å²) < 4.78 is 6.11. The highest BCUT2D eigenvalue weighted by Crippen LogP contribution is 2.38. The summed E-state index contributed by atoms with van der Waals surface area (Å²) in [5.41, 5.74) is 25.4. The van der Waals surface area contributed by atoms with Gasteiger partial charge in [-0.05, 0) is 87.7 Å². The van der Waals surface area contributed by atoms with Crippen molar-refractivity contribution in [2.45, 2.75) is 75.0 Å². The zero-order valence-corrected chi connectivity index (χ0v) is 28.5. The van der Waals surface area contributed by atoms with Crippen LogP contribution in [-0.2, 0) is 21.1 Å². The molecule has 1 aliphatic heterocycles. The molecule has 0 bridgehead atoms. The van der Waals surface area contributed by atoms with Crippen LogP contribution in [0, 0.1) is 10.8 Å². The summed E-state index contributed by atoms with van der Waals surface area (Å²) in [7, 11) is 3.75. The number of benzene rings is 1. The average Bonchev–Trinajstić information content (AvgIpc) is 3.03. The van der Waals surface area contributed by atoms with E-state index in [-0.39, 0.29) is 23.7 Å². The van der Waals surface area contributed by atoms with E-state index in [1.165, 1.54) is 11.1 Å². The van der Waals surface area contributed by atoms with E-state index in [0.29, 0.717) is 52.2 Å². The van der Waals surface area contributed by atoms with Gasteiger partial charge in [-0.15, -0.1) is 0 Å². The number of hydrogen-bond acceptors (Lipinski definition) is 10. The lowest BCUT2D eigenvalue weighted by Crippen LogP contribution is -2.42. The SMILES string of the molecule is N=C(N)NCCCC[C@@H](N)C(=O)NCCCN(CCCNC(=O)[C@H](N)CCCCNC(=N)N)CCOc1ccc2c(c1)CSSC2. The van der Waals surface area contributed by atoms with Gasteiger partial charge in [-0.3, -0.25) is 25.3 Å². The van der Waals surface area contributed by atoms with Crippen molar-refractivity contribution < 1.29 is 14.3 Å². The number of carbonyl (C=O) groups excluding carboxylic acids is 2. The van der Waals surface area contributed by atoms with Gasteiger partial charge in [-0.25, -0.2) is 0 Å². The molecular formula is C30H55N11O3S2. The molecule has 16 heteroatoms. The quantitative estimate of drug-likeness (QED) is 0.0314. The first kappa shape index (κ1) is 39.3. The number of hydrogen-bond donors (Lipinski definition) is 10. The van der Waals surface area contributed by atoms with Gasteiger partial charge in [0.05, 0.1) is 12.1 Å². The van der Waals surface area contributed by atoms with Crippen molar-refractivity contribution >= 4 is 45.3 Å². The summed E-state index contributed by atoms with van der Waals surface area (Å²) in [5.74, 6) is 2.45. The molecule has 1 aliphatic rings. The lowest BCUT2D eigenvalue weighted by Gasteiger charge is -2.23. The standard InChI is InChI=1S/C30H55N11O3S2/c31-25(7-1-3-11-39-29(33)34)27(42)37-13-5-15-41(17-18-44-24-10-9-22-20-45-46-21-23(22)19-24)16-6-14-38-28(43)26(32)8-2-4-12-40-30(35)36/h9-10,19,25-26H,1-8,11-18,20-21,31-32H2,(H,37,42)(H,38,43)(H4,33,34,39)(H4,35,36,40)/t25-,26-/m1/s1. The zero-order chi connectivity index (χ0) is 33.6. The van der Waals surface area contributed by atoms with Crippen molar-refractivity contribution in [3.8, 4) is 5.75 Å². The third-order valence-corrected chi connectivity index (χ3v) is 9.69. The molecule has 260 valence electrons. The van der Waals surface area contributed by atoms with E-state index in [1.807, 2.05) is 27.7 Å². The van der Waals surface area contributed by atoms with Gasteiger partial charge < -0.3 is 48.9 Å². The van der Waals surface area contributed by atoms with Gasteiger partial charge in [0, 0.05) is 44.2 Å². The van der Waals surface area contributed by atoms with Crippen molar-refractivity contribution in [3.05, 3.63) is 29.3 Å². The van der Waals surface area contributed by atoms with Crippen LogP contribution < -0.4 is 48.9 Å². The number of unbranched alkanes of at least 4 members (excludes halogenated alkanes) is 2. The minimum absolute atomic E-state index is 0.0588. The van der Waals surface area contributed by atoms with Crippen LogP contribution in [0.2, 0.25) is 0 Å². The Bertz CT molecular complexity index is 1030. The monoisotopic (exact) mass is 681 g/mol. The lowest BCUT2D eigenvalue weighted by molar-refractivity contribution is -0.123. The van der Waals surface area contributed by atoms with E-state index in [4.69, 9.17) is 38.5 Å². The Labute approximate surface area is 281 Å². The van der Waals surface area contributed by atoms with E-state index >= 15 is 0 Å². The maximum absolute atomic E-state index is 12.4. The van der Waals surface area contributed by atoms with Crippen molar-refractivity contribution in [1.29, 1.82) is 10.8 Å². The van der Waals surface area contributed by atoms with Crippen molar-refractivity contribution in [2.75, 3.05) is 52.4 Å². The van der Waals surface area contributed by atoms with Crippen LogP contribution in [0.25, 0.3) is 0 Å². The molecule has 2 rings (SSSR count). The first-order valence-electron chi connectivity index (χ1n) is 16.1. The minimum Gasteiger partial charge on any atom is -0.492 e. The Morgan fingerprint density at radius 2 is 1.24 bits per heavy atom. The van der Waals surface area contributed by atoms with Gasteiger partial charge in [-0.1, -0.05) is 27.7 Å². The summed E-state index contributed by atoms with van der Waals surface area (Å²) in [6, 6.07) is 5.20. The zero-order valence-electron chi connectivity index (χ0n) is 26.9. The molecule has 2 atom stereocenters. The molecule has 14 N–H and O–H groups in total. The number of amides is 2. The van der Waals surface area contributed by atoms with Crippen molar-refractivity contribution in [2.24, 2.45) is 22.9 Å². The second-order valence-electron chi connectivity index (χ2n) is 11.3. The largest absolute Gasteiger partial charge is 0.492 e. The van der Waals surface area contributed by atoms with Gasteiger partial charge in [0.25, 0.3) is 0 Å². The Morgan fingerprint density at radius 1 is 0.739 bits per heavy atom. The number of carbonyl (C=O) groups is 2. The highest BCUT2D eigenvalue weighted by Gasteiger charge is 2.15. The third-order valence-electron chi connectivity index (χ3n) is 7.46. The Morgan fingerprint density at radius 3 is 1.76 bits per heavy atom. The van der Waals surface area contributed by atoms with Crippen LogP contribution in [0.3, 0.4) is 0 Å². The molecule has 0 radical (unpaired) electrons. The fraction of sp³-hybridized carbons (Fsp3) is 0.667. The van der Waals surface area contributed by atoms with Crippen LogP contribution in [0.1, 0.15) is 62.5 Å². The molecule has 1 aromatic rings. The molecule has 0 aliphatic carbocycles. The van der Waals surface area contributed by atoms with Gasteiger partial charge in [0.1, 0.15) is 12.4 Å². The van der Waals surface area contributed by atoms with Crippen LogP contribution in [0.4, 0.5) is 0 Å². The number of nitrogens with zero attached hydrogens (tertiary/aromatic N) is 1. The van der Waals surface area contributed by atoms with Gasteiger partial charge >= 0.3 is 0 Å².